The maximum absolute atomic E-state index is 12.5. The number of alkyl halides is 3. The molecule has 0 unspecified atom stereocenters. The van der Waals surface area contributed by atoms with Gasteiger partial charge >= 0.3 is 6.18 Å². The lowest BCUT2D eigenvalue weighted by Gasteiger charge is -2.05. The molecule has 1 aromatic heterocycles. The SMILES string of the molecule is FC(F)(F)c1ccc(C=Cc2ccc3[nH]ccc3c2)cc1. The summed E-state index contributed by atoms with van der Waals surface area (Å²) in [5.41, 5.74) is 2.16. The van der Waals surface area contributed by atoms with E-state index in [1.54, 1.807) is 6.08 Å². The zero-order valence-corrected chi connectivity index (χ0v) is 11.0. The predicted molar refractivity (Wildman–Crippen MR) is 78.7 cm³/mol. The van der Waals surface area contributed by atoms with Crippen LogP contribution in [0, 0.1) is 0 Å². The third-order valence-corrected chi connectivity index (χ3v) is 3.28. The molecule has 0 aliphatic carbocycles. The molecule has 4 heteroatoms. The molecule has 0 spiro atoms. The van der Waals surface area contributed by atoms with Gasteiger partial charge in [0.1, 0.15) is 0 Å². The van der Waals surface area contributed by atoms with Crippen LogP contribution in [-0.4, -0.2) is 4.98 Å². The molecule has 0 saturated carbocycles. The molecule has 1 heterocycles. The molecule has 2 aromatic carbocycles. The van der Waals surface area contributed by atoms with Crippen LogP contribution in [0.2, 0.25) is 0 Å². The van der Waals surface area contributed by atoms with Gasteiger partial charge in [0.05, 0.1) is 5.56 Å². The fraction of sp³-hybridized carbons (Fsp3) is 0.0588. The van der Waals surface area contributed by atoms with E-state index in [1.165, 1.54) is 12.1 Å². The van der Waals surface area contributed by atoms with Gasteiger partial charge in [-0.15, -0.1) is 0 Å². The van der Waals surface area contributed by atoms with Gasteiger partial charge in [0, 0.05) is 11.7 Å². The molecule has 1 nitrogen and oxygen atoms in total. The van der Waals surface area contributed by atoms with Gasteiger partial charge < -0.3 is 4.98 Å². The number of benzene rings is 2. The van der Waals surface area contributed by atoms with Crippen LogP contribution >= 0.6 is 0 Å². The highest BCUT2D eigenvalue weighted by Gasteiger charge is 2.29. The Labute approximate surface area is 119 Å². The first-order valence-electron chi connectivity index (χ1n) is 6.45. The van der Waals surface area contributed by atoms with Crippen LogP contribution in [0.4, 0.5) is 13.2 Å². The van der Waals surface area contributed by atoms with E-state index in [0.29, 0.717) is 0 Å². The summed E-state index contributed by atoms with van der Waals surface area (Å²) >= 11 is 0. The Bertz CT molecular complexity index is 780. The lowest BCUT2D eigenvalue weighted by atomic mass is 10.1. The highest BCUT2D eigenvalue weighted by atomic mass is 19.4. The molecule has 0 fully saturated rings. The normalized spacial score (nSPS) is 12.3. The predicted octanol–water partition coefficient (Wildman–Crippen LogP) is 5.36. The van der Waals surface area contributed by atoms with Crippen molar-refractivity contribution < 1.29 is 13.2 Å². The third-order valence-electron chi connectivity index (χ3n) is 3.28. The van der Waals surface area contributed by atoms with Gasteiger partial charge in [0.25, 0.3) is 0 Å². The van der Waals surface area contributed by atoms with E-state index in [9.17, 15) is 13.2 Å². The highest BCUT2D eigenvalue weighted by molar-refractivity contribution is 5.83. The minimum absolute atomic E-state index is 0.631. The fourth-order valence-electron chi connectivity index (χ4n) is 2.15. The van der Waals surface area contributed by atoms with Crippen LogP contribution in [0.3, 0.4) is 0 Å². The Morgan fingerprint density at radius 3 is 2.19 bits per heavy atom. The number of hydrogen-bond donors (Lipinski definition) is 1. The van der Waals surface area contributed by atoms with Crippen LogP contribution in [0.25, 0.3) is 23.1 Å². The third kappa shape index (κ3) is 2.99. The van der Waals surface area contributed by atoms with Crippen molar-refractivity contribution in [1.29, 1.82) is 0 Å². The maximum atomic E-state index is 12.5. The summed E-state index contributed by atoms with van der Waals surface area (Å²) in [7, 11) is 0. The monoisotopic (exact) mass is 287 g/mol. The summed E-state index contributed by atoms with van der Waals surface area (Å²) in [6.45, 7) is 0. The molecule has 0 amide bonds. The van der Waals surface area contributed by atoms with E-state index < -0.39 is 11.7 Å². The van der Waals surface area contributed by atoms with Crippen LogP contribution in [-0.2, 0) is 6.18 Å². The summed E-state index contributed by atoms with van der Waals surface area (Å²) in [4.78, 5) is 3.11. The van der Waals surface area contributed by atoms with E-state index in [-0.39, 0.29) is 0 Å². The van der Waals surface area contributed by atoms with Gasteiger partial charge in [-0.05, 0) is 46.8 Å². The Morgan fingerprint density at radius 2 is 1.48 bits per heavy atom. The van der Waals surface area contributed by atoms with E-state index in [4.69, 9.17) is 0 Å². The molecule has 3 rings (SSSR count). The van der Waals surface area contributed by atoms with Gasteiger partial charge in [0.2, 0.25) is 0 Å². The Kier molecular flexibility index (Phi) is 3.29. The maximum Gasteiger partial charge on any atom is 0.416 e. The first-order valence-corrected chi connectivity index (χ1v) is 6.45. The van der Waals surface area contributed by atoms with Crippen molar-refractivity contribution in [2.45, 2.75) is 6.18 Å². The van der Waals surface area contributed by atoms with Crippen LogP contribution in [0.5, 0.6) is 0 Å². The molecule has 0 saturated heterocycles. The van der Waals surface area contributed by atoms with Crippen LogP contribution in [0.1, 0.15) is 16.7 Å². The van der Waals surface area contributed by atoms with Gasteiger partial charge in [-0.3, -0.25) is 0 Å². The molecule has 106 valence electrons. The number of nitrogens with one attached hydrogen (secondary N) is 1. The van der Waals surface area contributed by atoms with Gasteiger partial charge in [-0.2, -0.15) is 13.2 Å². The smallest absolute Gasteiger partial charge is 0.361 e. The summed E-state index contributed by atoms with van der Waals surface area (Å²) in [6.07, 6.45) is 1.26. The Morgan fingerprint density at radius 1 is 0.810 bits per heavy atom. The second-order valence-electron chi connectivity index (χ2n) is 4.78. The molecular weight excluding hydrogens is 275 g/mol. The van der Waals surface area contributed by atoms with E-state index in [0.717, 1.165) is 34.2 Å². The quantitative estimate of drug-likeness (QED) is 0.611. The van der Waals surface area contributed by atoms with Crippen molar-refractivity contribution in [3.05, 3.63) is 71.4 Å². The fourth-order valence-corrected chi connectivity index (χ4v) is 2.15. The van der Waals surface area contributed by atoms with E-state index >= 15 is 0 Å². The molecule has 0 atom stereocenters. The lowest BCUT2D eigenvalue weighted by molar-refractivity contribution is -0.137. The van der Waals surface area contributed by atoms with Gasteiger partial charge in [-0.25, -0.2) is 0 Å². The number of fused-ring (bicyclic) bond motifs is 1. The average Bonchev–Trinajstić information content (AvgIpc) is 2.92. The van der Waals surface area contributed by atoms with E-state index in [2.05, 4.69) is 4.98 Å². The minimum atomic E-state index is -4.29. The molecule has 0 radical (unpaired) electrons. The standard InChI is InChI=1S/C17H12F3N/c18-17(19,20)15-6-3-12(4-7-15)1-2-13-5-8-16-14(11-13)9-10-21-16/h1-11,21H. The Hall–Kier alpha value is -2.49. The van der Waals surface area contributed by atoms with Crippen molar-refractivity contribution >= 4 is 23.1 Å². The minimum Gasteiger partial charge on any atom is -0.361 e. The number of H-pyrrole nitrogens is 1. The van der Waals surface area contributed by atoms with Crippen molar-refractivity contribution in [3.8, 4) is 0 Å². The highest BCUT2D eigenvalue weighted by Crippen LogP contribution is 2.29. The number of rotatable bonds is 2. The molecule has 0 aliphatic heterocycles. The van der Waals surface area contributed by atoms with Crippen LogP contribution in [0.15, 0.2) is 54.7 Å². The first-order chi connectivity index (χ1) is 10.0. The molecule has 21 heavy (non-hydrogen) atoms. The number of halogens is 3. The van der Waals surface area contributed by atoms with Gasteiger partial charge in [-0.1, -0.05) is 30.4 Å². The van der Waals surface area contributed by atoms with Crippen molar-refractivity contribution in [2.75, 3.05) is 0 Å². The molecule has 1 N–H and O–H groups in total. The van der Waals surface area contributed by atoms with Crippen molar-refractivity contribution in [2.24, 2.45) is 0 Å². The molecule has 0 aliphatic rings. The van der Waals surface area contributed by atoms with Crippen molar-refractivity contribution in [3.63, 3.8) is 0 Å². The second kappa shape index (κ2) is 5.13. The molecular formula is C17H12F3N. The summed E-state index contributed by atoms with van der Waals surface area (Å²) < 4.78 is 37.4. The first kappa shape index (κ1) is 13.5. The second-order valence-corrected chi connectivity index (χ2v) is 4.78. The van der Waals surface area contributed by atoms with Gasteiger partial charge in [0.15, 0.2) is 0 Å². The summed E-state index contributed by atoms with van der Waals surface area (Å²) in [6, 6.07) is 13.0. The zero-order valence-electron chi connectivity index (χ0n) is 11.0. The number of aromatic nitrogens is 1. The van der Waals surface area contributed by atoms with Crippen LogP contribution < -0.4 is 0 Å². The average molecular weight is 287 g/mol. The molecule has 0 bridgehead atoms. The summed E-state index contributed by atoms with van der Waals surface area (Å²) in [5, 5.41) is 1.10. The lowest BCUT2D eigenvalue weighted by Crippen LogP contribution is -2.03. The molecule has 3 aromatic rings. The number of aromatic amines is 1. The number of hydrogen-bond acceptors (Lipinski definition) is 0. The van der Waals surface area contributed by atoms with Crippen molar-refractivity contribution in [1.82, 2.24) is 4.98 Å². The summed E-state index contributed by atoms with van der Waals surface area (Å²) in [5.74, 6) is 0. The Balaban J connectivity index is 1.82. The zero-order chi connectivity index (χ0) is 14.9. The largest absolute Gasteiger partial charge is 0.416 e. The van der Waals surface area contributed by atoms with E-state index in [1.807, 2.05) is 36.5 Å². The topological polar surface area (TPSA) is 15.8 Å².